The number of thiophene rings is 1. The van der Waals surface area contributed by atoms with Gasteiger partial charge in [-0.05, 0) is 29.6 Å². The molecule has 2 aromatic heterocycles. The van der Waals surface area contributed by atoms with Crippen LogP contribution >= 0.6 is 11.3 Å². The van der Waals surface area contributed by atoms with E-state index in [9.17, 15) is 4.79 Å². The summed E-state index contributed by atoms with van der Waals surface area (Å²) in [5.41, 5.74) is 2.47. The van der Waals surface area contributed by atoms with Gasteiger partial charge in [0.2, 0.25) is 0 Å². The summed E-state index contributed by atoms with van der Waals surface area (Å²) in [5, 5.41) is 4.75. The molecule has 0 aliphatic rings. The van der Waals surface area contributed by atoms with Gasteiger partial charge in [-0.3, -0.25) is 4.79 Å². The number of H-pyrrole nitrogens is 1. The zero-order valence-corrected chi connectivity index (χ0v) is 11.7. The molecule has 3 aromatic rings. The zero-order chi connectivity index (χ0) is 13.9. The first-order valence-corrected chi connectivity index (χ1v) is 6.96. The van der Waals surface area contributed by atoms with Crippen molar-refractivity contribution in [3.05, 3.63) is 46.4 Å². The maximum absolute atomic E-state index is 12.0. The molecule has 1 amide bonds. The largest absolute Gasteiger partial charge is 0.377 e. The van der Waals surface area contributed by atoms with Crippen LogP contribution in [0, 0.1) is 0 Å². The van der Waals surface area contributed by atoms with Crippen molar-refractivity contribution in [1.82, 2.24) is 9.97 Å². The summed E-state index contributed by atoms with van der Waals surface area (Å²) >= 11 is 1.42. The minimum atomic E-state index is -0.101. The van der Waals surface area contributed by atoms with Gasteiger partial charge in [0, 0.05) is 12.8 Å². The van der Waals surface area contributed by atoms with E-state index in [1.807, 2.05) is 29.6 Å². The summed E-state index contributed by atoms with van der Waals surface area (Å²) in [5.74, 6) is 0.667. The first-order valence-electron chi connectivity index (χ1n) is 6.09. The molecule has 3 rings (SSSR count). The van der Waals surface area contributed by atoms with E-state index in [1.54, 1.807) is 13.2 Å². The monoisotopic (exact) mass is 287 g/mol. The lowest BCUT2D eigenvalue weighted by Gasteiger charge is -2.03. The standard InChI is InChI=1S/C14H13N3O2S/c1-19-8-13-16-10-5-4-9(7-11(10)17-13)15-14(18)12-3-2-6-20-12/h2-7H,8H2,1H3,(H,15,18)(H,16,17). The van der Waals surface area contributed by atoms with Gasteiger partial charge in [-0.25, -0.2) is 4.98 Å². The predicted octanol–water partition coefficient (Wildman–Crippen LogP) is 3.02. The summed E-state index contributed by atoms with van der Waals surface area (Å²) in [7, 11) is 1.62. The number of hydrogen-bond acceptors (Lipinski definition) is 4. The first kappa shape index (κ1) is 12.8. The van der Waals surface area contributed by atoms with Crippen LogP contribution in [-0.2, 0) is 11.3 Å². The van der Waals surface area contributed by atoms with E-state index in [0.29, 0.717) is 11.5 Å². The number of hydrogen-bond donors (Lipinski definition) is 2. The number of ether oxygens (including phenoxy) is 1. The Hall–Kier alpha value is -2.18. The number of nitrogens with one attached hydrogen (secondary N) is 2. The van der Waals surface area contributed by atoms with Crippen molar-refractivity contribution >= 4 is 34.0 Å². The van der Waals surface area contributed by atoms with Gasteiger partial charge in [0.1, 0.15) is 12.4 Å². The highest BCUT2D eigenvalue weighted by Gasteiger charge is 2.08. The molecule has 0 aliphatic heterocycles. The Bertz CT molecular complexity index is 734. The molecule has 0 saturated carbocycles. The van der Waals surface area contributed by atoms with E-state index in [2.05, 4.69) is 15.3 Å². The minimum absolute atomic E-state index is 0.101. The van der Waals surface area contributed by atoms with Crippen molar-refractivity contribution in [3.63, 3.8) is 0 Å². The molecule has 102 valence electrons. The highest BCUT2D eigenvalue weighted by molar-refractivity contribution is 7.12. The van der Waals surface area contributed by atoms with Crippen molar-refractivity contribution in [2.45, 2.75) is 6.61 Å². The van der Waals surface area contributed by atoms with Crippen molar-refractivity contribution < 1.29 is 9.53 Å². The lowest BCUT2D eigenvalue weighted by Crippen LogP contribution is -2.09. The van der Waals surface area contributed by atoms with Gasteiger partial charge in [-0.1, -0.05) is 6.07 Å². The summed E-state index contributed by atoms with van der Waals surface area (Å²) in [6, 6.07) is 9.23. The molecule has 0 atom stereocenters. The Morgan fingerprint density at radius 1 is 1.45 bits per heavy atom. The Morgan fingerprint density at radius 2 is 2.35 bits per heavy atom. The van der Waals surface area contributed by atoms with Gasteiger partial charge < -0.3 is 15.0 Å². The van der Waals surface area contributed by atoms with Crippen molar-refractivity contribution in [3.8, 4) is 0 Å². The van der Waals surface area contributed by atoms with Crippen LogP contribution in [0.25, 0.3) is 11.0 Å². The molecule has 2 N–H and O–H groups in total. The molecule has 20 heavy (non-hydrogen) atoms. The SMILES string of the molecule is COCc1nc2ccc(NC(=O)c3cccs3)cc2[nH]1. The molecule has 2 heterocycles. The molecular weight excluding hydrogens is 274 g/mol. The fourth-order valence-corrected chi connectivity index (χ4v) is 2.56. The fraction of sp³-hybridized carbons (Fsp3) is 0.143. The van der Waals surface area contributed by atoms with E-state index in [1.165, 1.54) is 11.3 Å². The lowest BCUT2D eigenvalue weighted by atomic mass is 10.2. The van der Waals surface area contributed by atoms with Crippen LogP contribution in [0.2, 0.25) is 0 Å². The highest BCUT2D eigenvalue weighted by Crippen LogP contribution is 2.19. The third-order valence-electron chi connectivity index (χ3n) is 2.81. The van der Waals surface area contributed by atoms with E-state index >= 15 is 0 Å². The molecule has 1 aromatic carbocycles. The van der Waals surface area contributed by atoms with E-state index in [4.69, 9.17) is 4.74 Å². The summed E-state index contributed by atoms with van der Waals surface area (Å²) < 4.78 is 5.04. The molecule has 6 heteroatoms. The molecule has 0 saturated heterocycles. The highest BCUT2D eigenvalue weighted by atomic mass is 32.1. The number of aromatic nitrogens is 2. The Labute approximate surface area is 119 Å². The van der Waals surface area contributed by atoms with Crippen molar-refractivity contribution in [1.29, 1.82) is 0 Å². The number of carbonyl (C=O) groups excluding carboxylic acids is 1. The van der Waals surface area contributed by atoms with Crippen LogP contribution in [0.1, 0.15) is 15.5 Å². The Balaban J connectivity index is 1.83. The van der Waals surface area contributed by atoms with Gasteiger partial charge in [-0.2, -0.15) is 0 Å². The van der Waals surface area contributed by atoms with Crippen molar-refractivity contribution in [2.24, 2.45) is 0 Å². The molecular formula is C14H13N3O2S. The van der Waals surface area contributed by atoms with Gasteiger partial charge in [0.05, 0.1) is 15.9 Å². The van der Waals surface area contributed by atoms with Crippen LogP contribution in [-0.4, -0.2) is 23.0 Å². The average Bonchev–Trinajstić information content (AvgIpc) is 3.07. The molecule has 0 radical (unpaired) electrons. The smallest absolute Gasteiger partial charge is 0.265 e. The Morgan fingerprint density at radius 3 is 3.10 bits per heavy atom. The maximum Gasteiger partial charge on any atom is 0.265 e. The van der Waals surface area contributed by atoms with Gasteiger partial charge >= 0.3 is 0 Å². The number of nitrogens with zero attached hydrogens (tertiary/aromatic N) is 1. The van der Waals surface area contributed by atoms with Gasteiger partial charge in [0.25, 0.3) is 5.91 Å². The number of carbonyl (C=O) groups is 1. The second-order valence-electron chi connectivity index (χ2n) is 4.28. The Kier molecular flexibility index (Phi) is 3.49. The molecule has 0 aliphatic carbocycles. The lowest BCUT2D eigenvalue weighted by molar-refractivity contribution is 0.103. The molecule has 0 unspecified atom stereocenters. The van der Waals surface area contributed by atoms with Crippen LogP contribution < -0.4 is 5.32 Å². The summed E-state index contributed by atoms with van der Waals surface area (Å²) in [6.45, 7) is 0.436. The number of methoxy groups -OCH3 is 1. The average molecular weight is 287 g/mol. The third kappa shape index (κ3) is 2.56. The number of aromatic amines is 1. The number of benzene rings is 1. The molecule has 5 nitrogen and oxygen atoms in total. The number of imidazole rings is 1. The molecule has 0 spiro atoms. The van der Waals surface area contributed by atoms with E-state index < -0.39 is 0 Å². The van der Waals surface area contributed by atoms with Crippen LogP contribution in [0.4, 0.5) is 5.69 Å². The number of anilines is 1. The van der Waals surface area contributed by atoms with Gasteiger partial charge in [-0.15, -0.1) is 11.3 Å². The number of rotatable bonds is 4. The second kappa shape index (κ2) is 5.44. The topological polar surface area (TPSA) is 67.0 Å². The van der Waals surface area contributed by atoms with E-state index in [-0.39, 0.29) is 5.91 Å². The number of fused-ring (bicyclic) bond motifs is 1. The number of amides is 1. The summed E-state index contributed by atoms with van der Waals surface area (Å²) in [6.07, 6.45) is 0. The van der Waals surface area contributed by atoms with Crippen molar-refractivity contribution in [2.75, 3.05) is 12.4 Å². The van der Waals surface area contributed by atoms with Crippen LogP contribution in [0.15, 0.2) is 35.7 Å². The molecule has 0 bridgehead atoms. The predicted molar refractivity (Wildman–Crippen MR) is 79.1 cm³/mol. The first-order chi connectivity index (χ1) is 9.76. The normalized spacial score (nSPS) is 10.8. The third-order valence-corrected chi connectivity index (χ3v) is 3.68. The second-order valence-corrected chi connectivity index (χ2v) is 5.23. The minimum Gasteiger partial charge on any atom is -0.377 e. The van der Waals surface area contributed by atoms with Crippen LogP contribution in [0.3, 0.4) is 0 Å². The van der Waals surface area contributed by atoms with Gasteiger partial charge in [0.15, 0.2) is 0 Å². The van der Waals surface area contributed by atoms with Crippen LogP contribution in [0.5, 0.6) is 0 Å². The maximum atomic E-state index is 12.0. The van der Waals surface area contributed by atoms with E-state index in [0.717, 1.165) is 22.5 Å². The quantitative estimate of drug-likeness (QED) is 0.775. The molecule has 0 fully saturated rings. The fourth-order valence-electron chi connectivity index (χ4n) is 1.95. The summed E-state index contributed by atoms with van der Waals surface area (Å²) in [4.78, 5) is 20.2. The zero-order valence-electron chi connectivity index (χ0n) is 10.8.